The lowest BCUT2D eigenvalue weighted by molar-refractivity contribution is -0.137. The van der Waals surface area contributed by atoms with Crippen LogP contribution >= 0.6 is 0 Å². The molecule has 3 aromatic rings. The minimum atomic E-state index is -5.15. The highest BCUT2D eigenvalue weighted by Gasteiger charge is 2.35. The molecular formula is C26H16F8N2O4S. The fraction of sp³-hybridized carbons (Fsp3) is 0.192. The summed E-state index contributed by atoms with van der Waals surface area (Å²) in [6.07, 6.45) is -1.16. The summed E-state index contributed by atoms with van der Waals surface area (Å²) < 4.78 is 144. The van der Waals surface area contributed by atoms with Gasteiger partial charge in [0.25, 0.3) is 0 Å². The first-order valence-electron chi connectivity index (χ1n) is 11.6. The molecule has 2 aliphatic rings. The van der Waals surface area contributed by atoms with E-state index in [1.54, 1.807) is 19.3 Å². The Morgan fingerprint density at radius 1 is 0.927 bits per heavy atom. The van der Waals surface area contributed by atoms with Crippen molar-refractivity contribution in [1.29, 1.82) is 0 Å². The van der Waals surface area contributed by atoms with E-state index in [-0.39, 0.29) is 17.9 Å². The third kappa shape index (κ3) is 4.98. The lowest BCUT2D eigenvalue weighted by atomic mass is 9.87. The Hall–Kier alpha value is -4.14. The van der Waals surface area contributed by atoms with E-state index in [1.165, 1.54) is 17.1 Å². The van der Waals surface area contributed by atoms with Gasteiger partial charge in [-0.15, -0.1) is 0 Å². The van der Waals surface area contributed by atoms with Crippen LogP contribution in [0.5, 0.6) is 11.5 Å². The largest absolute Gasteiger partial charge is 0.489 e. The molecule has 0 radical (unpaired) electrons. The summed E-state index contributed by atoms with van der Waals surface area (Å²) in [6, 6.07) is 5.71. The first kappa shape index (κ1) is 28.4. The predicted molar refractivity (Wildman–Crippen MR) is 128 cm³/mol. The maximum atomic E-state index is 14.0. The van der Waals surface area contributed by atoms with E-state index in [9.17, 15) is 43.5 Å². The van der Waals surface area contributed by atoms with E-state index in [0.717, 1.165) is 24.3 Å². The van der Waals surface area contributed by atoms with E-state index in [1.807, 2.05) is 0 Å². The number of ether oxygens (including phenoxy) is 1. The molecule has 0 aliphatic carbocycles. The molecule has 0 fully saturated rings. The number of nitrogens with zero attached hydrogens (tertiary/aromatic N) is 2. The second-order valence-corrected chi connectivity index (χ2v) is 10.5. The van der Waals surface area contributed by atoms with Crippen molar-refractivity contribution in [3.05, 3.63) is 93.8 Å². The molecular weight excluding hydrogens is 588 g/mol. The van der Waals surface area contributed by atoms with Crippen molar-refractivity contribution in [3.8, 4) is 11.5 Å². The van der Waals surface area contributed by atoms with E-state index < -0.39 is 67.6 Å². The van der Waals surface area contributed by atoms with Crippen LogP contribution in [0.15, 0.2) is 52.5 Å². The Labute approximate surface area is 227 Å². The van der Waals surface area contributed by atoms with Gasteiger partial charge in [0, 0.05) is 31.3 Å². The van der Waals surface area contributed by atoms with Crippen molar-refractivity contribution in [3.63, 3.8) is 0 Å². The first-order chi connectivity index (χ1) is 19.2. The summed E-state index contributed by atoms with van der Waals surface area (Å²) in [5.41, 5.74) is 0.466. The Balaban J connectivity index is 1.55. The minimum absolute atomic E-state index is 0.0912. The molecule has 0 saturated heterocycles. The zero-order chi connectivity index (χ0) is 29.9. The molecule has 1 atom stereocenters. The summed E-state index contributed by atoms with van der Waals surface area (Å²) >= 11 is 0. The summed E-state index contributed by atoms with van der Waals surface area (Å²) in [4.78, 5) is -0.752. The van der Waals surface area contributed by atoms with Crippen molar-refractivity contribution in [2.45, 2.75) is 23.5 Å². The molecule has 0 aromatic heterocycles. The van der Waals surface area contributed by atoms with Crippen LogP contribution in [-0.2, 0) is 16.3 Å². The van der Waals surface area contributed by atoms with Gasteiger partial charge >= 0.3 is 16.3 Å². The lowest BCUT2D eigenvalue weighted by Gasteiger charge is -2.26. The van der Waals surface area contributed by atoms with Crippen molar-refractivity contribution < 1.29 is 52.5 Å². The van der Waals surface area contributed by atoms with Crippen molar-refractivity contribution in [2.75, 3.05) is 13.7 Å². The fourth-order valence-corrected chi connectivity index (χ4v) is 5.44. The van der Waals surface area contributed by atoms with Crippen molar-refractivity contribution in [1.82, 2.24) is 5.01 Å². The van der Waals surface area contributed by atoms with Gasteiger partial charge in [0.1, 0.15) is 17.3 Å². The second-order valence-electron chi connectivity index (χ2n) is 8.95. The van der Waals surface area contributed by atoms with E-state index >= 15 is 0 Å². The van der Waals surface area contributed by atoms with E-state index in [4.69, 9.17) is 4.74 Å². The first-order valence-corrected chi connectivity index (χ1v) is 13.0. The number of rotatable bonds is 5. The van der Waals surface area contributed by atoms with Crippen LogP contribution in [0.3, 0.4) is 0 Å². The third-order valence-electron chi connectivity index (χ3n) is 6.49. The number of alkyl halides is 3. The summed E-state index contributed by atoms with van der Waals surface area (Å²) in [5.74, 6) is -14.4. The zero-order valence-electron chi connectivity index (χ0n) is 20.6. The predicted octanol–water partition coefficient (Wildman–Crippen LogP) is 6.36. The molecule has 3 aromatic carbocycles. The van der Waals surface area contributed by atoms with Crippen LogP contribution in [0.1, 0.15) is 34.7 Å². The fourth-order valence-electron chi connectivity index (χ4n) is 4.49. The average molecular weight is 604 g/mol. The summed E-state index contributed by atoms with van der Waals surface area (Å²) in [7, 11) is -3.55. The van der Waals surface area contributed by atoms with Gasteiger partial charge in [-0.1, -0.05) is 6.07 Å². The zero-order valence-corrected chi connectivity index (χ0v) is 21.4. The van der Waals surface area contributed by atoms with Crippen LogP contribution in [0.2, 0.25) is 0 Å². The minimum Gasteiger partial charge on any atom is -0.489 e. The second kappa shape index (κ2) is 10.0. The highest BCUT2D eigenvalue weighted by molar-refractivity contribution is 7.87. The smallest absolute Gasteiger partial charge is 0.416 e. The summed E-state index contributed by atoms with van der Waals surface area (Å²) in [6.45, 7) is -0.137. The molecule has 5 rings (SSSR count). The van der Waals surface area contributed by atoms with Gasteiger partial charge in [0.15, 0.2) is 0 Å². The van der Waals surface area contributed by atoms with Crippen molar-refractivity contribution >= 4 is 21.9 Å². The van der Waals surface area contributed by atoms with Gasteiger partial charge in [-0.25, -0.2) is 13.2 Å². The number of halogens is 8. The molecule has 2 aliphatic heterocycles. The van der Waals surface area contributed by atoms with Gasteiger partial charge in [0.2, 0.25) is 34.8 Å². The molecule has 0 saturated carbocycles. The molecule has 216 valence electrons. The van der Waals surface area contributed by atoms with E-state index in [0.29, 0.717) is 23.1 Å². The van der Waals surface area contributed by atoms with E-state index in [2.05, 4.69) is 9.28 Å². The number of hydrogen-bond donors (Lipinski definition) is 0. The Morgan fingerprint density at radius 2 is 1.56 bits per heavy atom. The number of hydrogen-bond acceptors (Lipinski definition) is 6. The SMILES string of the molecule is CN1N=CCC1c1cc(C(F)(F)F)ccc1C1=CCOc2cc(S(=O)(=O)Oc3c(F)c(F)c(F)c(F)c3F)ccc21. The molecule has 15 heteroatoms. The Morgan fingerprint density at radius 3 is 2.17 bits per heavy atom. The Bertz CT molecular complexity index is 1710. The number of fused-ring (bicyclic) bond motifs is 1. The van der Waals surface area contributed by atoms with Gasteiger partial charge in [0.05, 0.1) is 11.6 Å². The highest BCUT2D eigenvalue weighted by Crippen LogP contribution is 2.43. The summed E-state index contributed by atoms with van der Waals surface area (Å²) in [5, 5.41) is 5.60. The van der Waals surface area contributed by atoms with Gasteiger partial charge in [-0.3, -0.25) is 5.01 Å². The van der Waals surface area contributed by atoms with Crippen LogP contribution in [0.25, 0.3) is 5.57 Å². The monoisotopic (exact) mass is 604 g/mol. The molecule has 2 heterocycles. The molecule has 6 nitrogen and oxygen atoms in total. The lowest BCUT2D eigenvalue weighted by Crippen LogP contribution is -2.18. The topological polar surface area (TPSA) is 68.2 Å². The maximum Gasteiger partial charge on any atom is 0.416 e. The van der Waals surface area contributed by atoms with Gasteiger partial charge in [-0.2, -0.15) is 35.5 Å². The highest BCUT2D eigenvalue weighted by atomic mass is 32.2. The Kier molecular flexibility index (Phi) is 6.96. The van der Waals surface area contributed by atoms with Crippen LogP contribution in [-0.4, -0.2) is 33.3 Å². The molecule has 0 N–H and O–H groups in total. The molecule has 41 heavy (non-hydrogen) atoms. The molecule has 0 amide bonds. The average Bonchev–Trinajstić information content (AvgIpc) is 3.37. The maximum absolute atomic E-state index is 14.0. The number of benzene rings is 3. The standard InChI is InChI=1S/C26H16F8N2O4S/c1-36-18(6-8-35-36)17-10-12(26(32,33)34)2-4-14(17)15-7-9-39-19-11-13(3-5-16(15)19)41(37,38)40-25-23(30)21(28)20(27)22(29)24(25)31/h2-5,7-8,10-11,18H,6,9H2,1H3. The van der Waals surface area contributed by atoms with Crippen LogP contribution in [0, 0.1) is 29.1 Å². The molecule has 1 unspecified atom stereocenters. The van der Waals surface area contributed by atoms with Crippen molar-refractivity contribution in [2.24, 2.45) is 5.10 Å². The van der Waals surface area contributed by atoms with Gasteiger partial charge in [-0.05, 0) is 47.0 Å². The number of hydrazone groups is 1. The third-order valence-corrected chi connectivity index (χ3v) is 7.71. The normalized spacial score (nSPS) is 16.9. The molecule has 0 bridgehead atoms. The van der Waals surface area contributed by atoms with Crippen LogP contribution < -0.4 is 8.92 Å². The molecule has 0 spiro atoms. The quantitative estimate of drug-likeness (QED) is 0.147. The van der Waals surface area contributed by atoms with Gasteiger partial charge < -0.3 is 8.92 Å². The van der Waals surface area contributed by atoms with Crippen LogP contribution in [0.4, 0.5) is 35.1 Å².